The van der Waals surface area contributed by atoms with Gasteiger partial charge in [-0.1, -0.05) is 18.2 Å². The van der Waals surface area contributed by atoms with Gasteiger partial charge in [-0.25, -0.2) is 5.01 Å². The first-order valence-electron chi connectivity index (χ1n) is 9.54. The van der Waals surface area contributed by atoms with Crippen LogP contribution in [0.1, 0.15) is 11.1 Å². The maximum Gasteiger partial charge on any atom is 0.416 e. The maximum absolute atomic E-state index is 12.9. The zero-order valence-corrected chi connectivity index (χ0v) is 15.9. The summed E-state index contributed by atoms with van der Waals surface area (Å²) in [5.74, 6) is -0.0879. The van der Waals surface area contributed by atoms with Gasteiger partial charge in [0.15, 0.2) is 0 Å². The molecule has 2 N–H and O–H groups in total. The third kappa shape index (κ3) is 3.06. The number of aliphatic hydroxyl groups is 1. The van der Waals surface area contributed by atoms with Gasteiger partial charge >= 0.3 is 6.18 Å². The quantitative estimate of drug-likeness (QED) is 0.776. The highest BCUT2D eigenvalue weighted by Crippen LogP contribution is 2.41. The first-order valence-corrected chi connectivity index (χ1v) is 9.54. The van der Waals surface area contributed by atoms with Gasteiger partial charge in [0, 0.05) is 24.4 Å². The predicted molar refractivity (Wildman–Crippen MR) is 106 cm³/mol. The number of rotatable bonds is 2. The fraction of sp³-hybridized carbons (Fsp3) is 0.238. The molecule has 6 nitrogen and oxygen atoms in total. The van der Waals surface area contributed by atoms with Gasteiger partial charge in [-0.05, 0) is 36.4 Å². The van der Waals surface area contributed by atoms with Gasteiger partial charge in [-0.2, -0.15) is 13.2 Å². The van der Waals surface area contributed by atoms with E-state index >= 15 is 0 Å². The molecule has 2 aromatic carbocycles. The van der Waals surface area contributed by atoms with Gasteiger partial charge in [0.2, 0.25) is 5.88 Å². The molecule has 5 rings (SSSR count). The molecule has 3 aliphatic heterocycles. The van der Waals surface area contributed by atoms with E-state index in [1.54, 1.807) is 5.01 Å². The number of hydrogen-bond acceptors (Lipinski definition) is 6. The molecule has 3 aliphatic rings. The van der Waals surface area contributed by atoms with Crippen LogP contribution in [0.4, 0.5) is 24.5 Å². The molecule has 3 heterocycles. The van der Waals surface area contributed by atoms with E-state index < -0.39 is 11.7 Å². The summed E-state index contributed by atoms with van der Waals surface area (Å²) in [6.45, 7) is 2.74. The Morgan fingerprint density at radius 2 is 1.63 bits per heavy atom. The number of alkyl halides is 3. The molecule has 2 aromatic rings. The fourth-order valence-electron chi connectivity index (χ4n) is 3.87. The van der Waals surface area contributed by atoms with Crippen LogP contribution in [0.2, 0.25) is 0 Å². The minimum absolute atomic E-state index is 0.0879. The lowest BCUT2D eigenvalue weighted by Gasteiger charge is -2.36. The van der Waals surface area contributed by atoms with E-state index in [4.69, 9.17) is 4.74 Å². The highest BCUT2D eigenvalue weighted by atomic mass is 19.4. The van der Waals surface area contributed by atoms with Crippen molar-refractivity contribution >= 4 is 17.1 Å². The predicted octanol–water partition coefficient (Wildman–Crippen LogP) is 3.87. The molecule has 9 heteroatoms. The number of morpholine rings is 1. The molecule has 0 spiro atoms. The van der Waals surface area contributed by atoms with E-state index in [-0.39, 0.29) is 5.88 Å². The molecule has 1 fully saturated rings. The van der Waals surface area contributed by atoms with Crippen LogP contribution in [0.5, 0.6) is 0 Å². The average Bonchev–Trinajstić information content (AvgIpc) is 3.10. The zero-order chi connectivity index (χ0) is 20.9. The molecular weight excluding hydrogens is 397 g/mol. The number of hydrazine groups is 2. The van der Waals surface area contributed by atoms with E-state index in [1.165, 1.54) is 17.1 Å². The first-order chi connectivity index (χ1) is 14.4. The number of hydrogen-bond donors (Lipinski definition) is 2. The van der Waals surface area contributed by atoms with Crippen molar-refractivity contribution in [1.29, 1.82) is 0 Å². The molecule has 1 saturated heterocycles. The Hall–Kier alpha value is -3.17. The van der Waals surface area contributed by atoms with Crippen LogP contribution in [0, 0.1) is 0 Å². The van der Waals surface area contributed by atoms with E-state index in [0.717, 1.165) is 42.2 Å². The summed E-state index contributed by atoms with van der Waals surface area (Å²) < 4.78 is 44.1. The molecule has 0 saturated carbocycles. The number of fused-ring (bicyclic) bond motifs is 3. The lowest BCUT2D eigenvalue weighted by molar-refractivity contribution is -0.137. The van der Waals surface area contributed by atoms with E-state index in [1.807, 2.05) is 30.3 Å². The van der Waals surface area contributed by atoms with Crippen LogP contribution in [-0.4, -0.2) is 36.3 Å². The van der Waals surface area contributed by atoms with Crippen molar-refractivity contribution in [2.45, 2.75) is 6.18 Å². The van der Waals surface area contributed by atoms with E-state index in [9.17, 15) is 18.3 Å². The number of aliphatic hydroxyl groups excluding tert-OH is 1. The number of anilines is 2. The van der Waals surface area contributed by atoms with Gasteiger partial charge in [-0.3, -0.25) is 5.01 Å². The topological polar surface area (TPSA) is 51.2 Å². The van der Waals surface area contributed by atoms with Crippen molar-refractivity contribution in [3.8, 4) is 0 Å². The minimum Gasteiger partial charge on any atom is -0.492 e. The van der Waals surface area contributed by atoms with Gasteiger partial charge < -0.3 is 14.7 Å². The second kappa shape index (κ2) is 6.96. The summed E-state index contributed by atoms with van der Waals surface area (Å²) >= 11 is 0. The molecule has 30 heavy (non-hydrogen) atoms. The van der Waals surface area contributed by atoms with Crippen molar-refractivity contribution in [2.24, 2.45) is 0 Å². The van der Waals surface area contributed by atoms with Gasteiger partial charge in [0.05, 0.1) is 30.2 Å². The number of nitrogens with zero attached hydrogens (tertiary/aromatic N) is 3. The third-order valence-electron chi connectivity index (χ3n) is 5.38. The van der Waals surface area contributed by atoms with Crippen molar-refractivity contribution in [3.05, 3.63) is 77.3 Å². The Labute approximate surface area is 171 Å². The van der Waals surface area contributed by atoms with Crippen molar-refractivity contribution in [3.63, 3.8) is 0 Å². The summed E-state index contributed by atoms with van der Waals surface area (Å²) in [5, 5.41) is 14.0. The number of halogens is 3. The summed E-state index contributed by atoms with van der Waals surface area (Å²) in [6, 6.07) is 12.4. The Bertz CT molecular complexity index is 1030. The molecule has 0 unspecified atom stereocenters. The number of allylic oxidation sites excluding steroid dienone is 1. The second-order valence-electron chi connectivity index (χ2n) is 7.17. The highest BCUT2D eigenvalue weighted by molar-refractivity contribution is 5.85. The lowest BCUT2D eigenvalue weighted by Crippen LogP contribution is -2.43. The zero-order valence-electron chi connectivity index (χ0n) is 15.9. The summed E-state index contributed by atoms with van der Waals surface area (Å²) in [7, 11) is 0. The lowest BCUT2D eigenvalue weighted by atomic mass is 10.0. The minimum atomic E-state index is -4.41. The smallest absolute Gasteiger partial charge is 0.416 e. The largest absolute Gasteiger partial charge is 0.492 e. The Morgan fingerprint density at radius 1 is 0.933 bits per heavy atom. The van der Waals surface area contributed by atoms with Crippen LogP contribution in [0.15, 0.2) is 66.2 Å². The fourth-order valence-corrected chi connectivity index (χ4v) is 3.87. The summed E-state index contributed by atoms with van der Waals surface area (Å²) in [5.41, 5.74) is 6.06. The number of nitrogens with one attached hydrogen (secondary N) is 1. The van der Waals surface area contributed by atoms with Gasteiger partial charge in [0.1, 0.15) is 5.70 Å². The van der Waals surface area contributed by atoms with Crippen LogP contribution in [0.25, 0.3) is 5.70 Å². The number of ether oxygens (including phenoxy) is 1. The molecule has 0 amide bonds. The number of para-hydroxylation sites is 1. The van der Waals surface area contributed by atoms with Crippen LogP contribution in [0.3, 0.4) is 0 Å². The van der Waals surface area contributed by atoms with Crippen molar-refractivity contribution in [2.75, 3.05) is 36.3 Å². The Morgan fingerprint density at radius 3 is 2.33 bits per heavy atom. The molecule has 0 radical (unpaired) electrons. The molecular formula is C21H19F3N4O2. The summed E-state index contributed by atoms with van der Waals surface area (Å²) in [4.78, 5) is 2.21. The molecule has 0 atom stereocenters. The van der Waals surface area contributed by atoms with Crippen molar-refractivity contribution in [1.82, 2.24) is 10.4 Å². The normalized spacial score (nSPS) is 19.0. The van der Waals surface area contributed by atoms with E-state index in [2.05, 4.69) is 10.4 Å². The number of benzene rings is 2. The molecule has 0 bridgehead atoms. The summed E-state index contributed by atoms with van der Waals surface area (Å²) in [6.07, 6.45) is -2.52. The molecule has 0 aromatic heterocycles. The van der Waals surface area contributed by atoms with Crippen LogP contribution >= 0.6 is 0 Å². The second-order valence-corrected chi connectivity index (χ2v) is 7.17. The SMILES string of the molecule is OC1=C2C=C(N3CCOCC3)c3ccccc3N2NN1c1ccc(C(F)(F)F)cc1. The third-order valence-corrected chi connectivity index (χ3v) is 5.38. The van der Waals surface area contributed by atoms with Crippen LogP contribution < -0.4 is 15.6 Å². The average molecular weight is 416 g/mol. The van der Waals surface area contributed by atoms with Gasteiger partial charge in [0.25, 0.3) is 0 Å². The maximum atomic E-state index is 12.9. The van der Waals surface area contributed by atoms with E-state index in [0.29, 0.717) is 24.6 Å². The first kappa shape index (κ1) is 18.8. The highest BCUT2D eigenvalue weighted by Gasteiger charge is 2.36. The Kier molecular flexibility index (Phi) is 4.37. The Balaban J connectivity index is 1.54. The van der Waals surface area contributed by atoms with Gasteiger partial charge in [-0.15, -0.1) is 5.53 Å². The molecule has 156 valence electrons. The standard InChI is InChI=1S/C21H19F3N4O2/c22-21(23,24)14-5-7-15(8-6-14)27-20(29)19-13-18(26-9-11-30-12-10-26)16-3-1-2-4-17(16)28(19)25-27/h1-8,13,25,29H,9-12H2. The monoisotopic (exact) mass is 416 g/mol. The van der Waals surface area contributed by atoms with Crippen LogP contribution in [-0.2, 0) is 10.9 Å². The molecule has 0 aliphatic carbocycles. The van der Waals surface area contributed by atoms with Crippen molar-refractivity contribution < 1.29 is 23.0 Å².